The van der Waals surface area contributed by atoms with Gasteiger partial charge in [0.2, 0.25) is 0 Å². The van der Waals surface area contributed by atoms with Crippen molar-refractivity contribution < 1.29 is 9.90 Å². The van der Waals surface area contributed by atoms with Crippen LogP contribution in [0.4, 0.5) is 0 Å². The van der Waals surface area contributed by atoms with Crippen molar-refractivity contribution in [2.24, 2.45) is 11.8 Å². The van der Waals surface area contributed by atoms with Crippen LogP contribution in [-0.4, -0.2) is 11.1 Å². The minimum atomic E-state index is -0.674. The van der Waals surface area contributed by atoms with Crippen LogP contribution in [0.2, 0.25) is 5.02 Å². The number of hydrogen-bond acceptors (Lipinski definition) is 1. The molecule has 3 atom stereocenters. The summed E-state index contributed by atoms with van der Waals surface area (Å²) in [5.74, 6) is -0.352. The zero-order chi connectivity index (χ0) is 10.7. The molecule has 0 saturated heterocycles. The number of halogens is 2. The van der Waals surface area contributed by atoms with E-state index in [-0.39, 0.29) is 11.8 Å². The Kier molecular flexibility index (Phi) is 1.92. The number of carboxylic acids is 1. The van der Waals surface area contributed by atoms with E-state index in [0.29, 0.717) is 10.9 Å². The zero-order valence-corrected chi connectivity index (χ0v) is 10.0. The number of carbonyl (C=O) groups is 1. The maximum absolute atomic E-state index is 10.9. The third kappa shape index (κ3) is 1.26. The molecule has 0 radical (unpaired) electrons. The molecule has 0 spiro atoms. The van der Waals surface area contributed by atoms with Crippen LogP contribution in [0.1, 0.15) is 17.0 Å². The van der Waals surface area contributed by atoms with Crippen molar-refractivity contribution in [2.45, 2.75) is 12.3 Å². The average molecular weight is 288 g/mol. The minimum absolute atomic E-state index is 0.178. The van der Waals surface area contributed by atoms with Crippen LogP contribution in [0, 0.1) is 11.8 Å². The quantitative estimate of drug-likeness (QED) is 0.862. The summed E-state index contributed by atoms with van der Waals surface area (Å²) >= 11 is 9.43. The number of fused-ring (bicyclic) bond motifs is 3. The molecule has 2 aliphatic rings. The molecular weight excluding hydrogens is 279 g/mol. The maximum Gasteiger partial charge on any atom is 0.307 e. The Bertz CT molecular complexity index is 472. The van der Waals surface area contributed by atoms with E-state index in [1.165, 1.54) is 5.56 Å². The molecule has 1 saturated carbocycles. The minimum Gasteiger partial charge on any atom is -0.481 e. The topological polar surface area (TPSA) is 37.3 Å². The maximum atomic E-state index is 10.9. The third-order valence-corrected chi connectivity index (χ3v) is 4.37. The SMILES string of the molecule is O=C(O)C1C2Cc3c(Br)cc(Cl)cc3C21. The second-order valence-corrected chi connectivity index (χ2v) is 5.50. The smallest absolute Gasteiger partial charge is 0.307 e. The van der Waals surface area contributed by atoms with Crippen LogP contribution >= 0.6 is 27.5 Å². The second kappa shape index (κ2) is 2.98. The monoisotopic (exact) mass is 286 g/mol. The highest BCUT2D eigenvalue weighted by Gasteiger charge is 2.60. The van der Waals surface area contributed by atoms with E-state index in [4.69, 9.17) is 16.7 Å². The highest BCUT2D eigenvalue weighted by atomic mass is 79.9. The van der Waals surface area contributed by atoms with Gasteiger partial charge >= 0.3 is 5.97 Å². The first kappa shape index (κ1) is 9.67. The summed E-state index contributed by atoms with van der Waals surface area (Å²) < 4.78 is 1.02. The van der Waals surface area contributed by atoms with Gasteiger partial charge in [-0.3, -0.25) is 4.79 Å². The third-order valence-electron chi connectivity index (χ3n) is 3.45. The molecule has 78 valence electrons. The Balaban J connectivity index is 2.05. The Morgan fingerprint density at radius 2 is 2.27 bits per heavy atom. The zero-order valence-electron chi connectivity index (χ0n) is 7.71. The van der Waals surface area contributed by atoms with Crippen molar-refractivity contribution in [1.82, 2.24) is 0 Å². The molecular formula is C11H8BrClO2. The molecule has 2 aliphatic carbocycles. The first-order valence-corrected chi connectivity index (χ1v) is 5.97. The van der Waals surface area contributed by atoms with Crippen LogP contribution in [0.25, 0.3) is 0 Å². The van der Waals surface area contributed by atoms with Crippen LogP contribution in [0.3, 0.4) is 0 Å². The molecule has 0 amide bonds. The van der Waals surface area contributed by atoms with Gasteiger partial charge in [-0.05, 0) is 35.6 Å². The van der Waals surface area contributed by atoms with Gasteiger partial charge in [0.1, 0.15) is 0 Å². The predicted molar refractivity (Wildman–Crippen MR) is 60.2 cm³/mol. The van der Waals surface area contributed by atoms with Gasteiger partial charge in [0, 0.05) is 15.4 Å². The highest BCUT2D eigenvalue weighted by molar-refractivity contribution is 9.10. The molecule has 1 aromatic carbocycles. The van der Waals surface area contributed by atoms with Crippen molar-refractivity contribution in [3.63, 3.8) is 0 Å². The first-order chi connectivity index (χ1) is 7.09. The average Bonchev–Trinajstić information content (AvgIpc) is 2.74. The summed E-state index contributed by atoms with van der Waals surface area (Å²) in [7, 11) is 0. The van der Waals surface area contributed by atoms with Crippen LogP contribution in [0.5, 0.6) is 0 Å². The highest BCUT2D eigenvalue weighted by Crippen LogP contribution is 2.62. The lowest BCUT2D eigenvalue weighted by Crippen LogP contribution is -2.05. The number of carboxylic acid groups (broad SMARTS) is 1. The van der Waals surface area contributed by atoms with Gasteiger partial charge < -0.3 is 5.11 Å². The fraction of sp³-hybridized carbons (Fsp3) is 0.364. The molecule has 0 bridgehead atoms. The standard InChI is InChI=1S/C11H8BrClO2/c12-8-2-4(13)1-6-5(8)3-7-9(6)10(7)11(14)15/h1-2,7,9-10H,3H2,(H,14,15). The summed E-state index contributed by atoms with van der Waals surface area (Å²) in [5, 5.41) is 9.66. The van der Waals surface area contributed by atoms with Gasteiger partial charge in [-0.1, -0.05) is 27.5 Å². The molecule has 0 aromatic heterocycles. The first-order valence-electron chi connectivity index (χ1n) is 4.80. The molecule has 3 rings (SSSR count). The molecule has 2 nitrogen and oxygen atoms in total. The Morgan fingerprint density at radius 3 is 2.93 bits per heavy atom. The van der Waals surface area contributed by atoms with E-state index in [9.17, 15) is 4.79 Å². The van der Waals surface area contributed by atoms with E-state index in [1.54, 1.807) is 0 Å². The van der Waals surface area contributed by atoms with E-state index >= 15 is 0 Å². The summed E-state index contributed by atoms with van der Waals surface area (Å²) in [5.41, 5.74) is 2.37. The molecule has 0 aliphatic heterocycles. The van der Waals surface area contributed by atoms with E-state index in [1.807, 2.05) is 12.1 Å². The second-order valence-electron chi connectivity index (χ2n) is 4.21. The molecule has 3 unspecified atom stereocenters. The van der Waals surface area contributed by atoms with Crippen LogP contribution < -0.4 is 0 Å². The van der Waals surface area contributed by atoms with Gasteiger partial charge in [0.15, 0.2) is 0 Å². The number of rotatable bonds is 1. The molecule has 1 fully saturated rings. The van der Waals surface area contributed by atoms with E-state index in [0.717, 1.165) is 16.5 Å². The summed E-state index contributed by atoms with van der Waals surface area (Å²) in [4.78, 5) is 10.9. The molecule has 0 heterocycles. The van der Waals surface area contributed by atoms with E-state index < -0.39 is 5.97 Å². The Labute approximate surface area is 100 Å². The normalized spacial score (nSPS) is 30.9. The van der Waals surface area contributed by atoms with Crippen molar-refractivity contribution in [3.05, 3.63) is 32.8 Å². The van der Waals surface area contributed by atoms with Crippen molar-refractivity contribution in [2.75, 3.05) is 0 Å². The summed E-state index contributed by atoms with van der Waals surface area (Å²) in [6.45, 7) is 0. The fourth-order valence-electron chi connectivity index (χ4n) is 2.76. The van der Waals surface area contributed by atoms with Crippen LogP contribution in [0.15, 0.2) is 16.6 Å². The predicted octanol–water partition coefficient (Wildman–Crippen LogP) is 3.07. The molecule has 4 heteroatoms. The largest absolute Gasteiger partial charge is 0.481 e. The number of benzene rings is 1. The van der Waals surface area contributed by atoms with Crippen molar-refractivity contribution in [3.8, 4) is 0 Å². The van der Waals surface area contributed by atoms with Gasteiger partial charge in [0.05, 0.1) is 5.92 Å². The van der Waals surface area contributed by atoms with Gasteiger partial charge in [-0.25, -0.2) is 0 Å². The lowest BCUT2D eigenvalue weighted by molar-refractivity contribution is -0.139. The Morgan fingerprint density at radius 1 is 1.53 bits per heavy atom. The lowest BCUT2D eigenvalue weighted by atomic mass is 10.0. The van der Waals surface area contributed by atoms with Crippen LogP contribution in [-0.2, 0) is 11.2 Å². The van der Waals surface area contributed by atoms with Crippen molar-refractivity contribution >= 4 is 33.5 Å². The number of aliphatic carboxylic acids is 1. The van der Waals surface area contributed by atoms with Gasteiger partial charge in [0.25, 0.3) is 0 Å². The molecule has 1 N–H and O–H groups in total. The Hall–Kier alpha value is -0.540. The van der Waals surface area contributed by atoms with Crippen molar-refractivity contribution in [1.29, 1.82) is 0 Å². The lowest BCUT2D eigenvalue weighted by Gasteiger charge is -2.08. The molecule has 15 heavy (non-hydrogen) atoms. The van der Waals surface area contributed by atoms with Gasteiger partial charge in [-0.2, -0.15) is 0 Å². The fourth-order valence-corrected chi connectivity index (χ4v) is 3.76. The number of hydrogen-bond donors (Lipinski definition) is 1. The summed E-state index contributed by atoms with van der Waals surface area (Å²) in [6, 6.07) is 3.79. The molecule has 1 aromatic rings. The summed E-state index contributed by atoms with van der Waals surface area (Å²) in [6.07, 6.45) is 0.870. The van der Waals surface area contributed by atoms with Gasteiger partial charge in [-0.15, -0.1) is 0 Å². The van der Waals surface area contributed by atoms with E-state index in [2.05, 4.69) is 15.9 Å².